The molecule has 2 amide bonds. The zero-order valence-corrected chi connectivity index (χ0v) is 49.4. The van der Waals surface area contributed by atoms with E-state index in [-0.39, 0.29) is 24.9 Å². The second-order valence-corrected chi connectivity index (χ2v) is 23.5. The Hall–Kier alpha value is -5.18. The lowest BCUT2D eigenvalue weighted by Gasteiger charge is -2.43. The highest BCUT2D eigenvalue weighted by Gasteiger charge is 2.31. The molecule has 6 aromatic rings. The lowest BCUT2D eigenvalue weighted by Crippen LogP contribution is -2.53. The monoisotopic (exact) mass is 1260 g/mol. The number of anilines is 2. The highest BCUT2D eigenvalue weighted by molar-refractivity contribution is 9.11. The smallest absolute Gasteiger partial charge is 0.255 e. The molecular weight excluding hydrogens is 1200 g/mol. The number of carbonyl (C=O) groups excluding carboxylic acids is 2. The van der Waals surface area contributed by atoms with Crippen molar-refractivity contribution in [1.82, 2.24) is 39.8 Å². The number of piperazine rings is 2. The maximum Gasteiger partial charge on any atom is 0.255 e. The maximum absolute atomic E-state index is 13.7. The third kappa shape index (κ3) is 15.9. The van der Waals surface area contributed by atoms with Gasteiger partial charge >= 0.3 is 0 Å². The van der Waals surface area contributed by atoms with E-state index in [1.54, 1.807) is 29.4 Å². The van der Waals surface area contributed by atoms with Crippen LogP contribution in [0.3, 0.4) is 0 Å². The first kappa shape index (κ1) is 59.4. The fraction of sp³-hybridized carbons (Fsp3) is 0.400. The second-order valence-electron chi connectivity index (χ2n) is 20.9. The third-order valence-corrected chi connectivity index (χ3v) is 17.3. The van der Waals surface area contributed by atoms with Crippen LogP contribution in [0, 0.1) is 23.3 Å². The number of carbonyl (C=O) groups is 2. The molecule has 424 valence electrons. The quantitative estimate of drug-likeness (QED) is 0.100. The first-order valence-electron chi connectivity index (χ1n) is 27.3. The largest absolute Gasteiger partial charge is 0.353 e. The summed E-state index contributed by atoms with van der Waals surface area (Å²) in [6.45, 7) is 16.3. The molecule has 0 bridgehead atoms. The summed E-state index contributed by atoms with van der Waals surface area (Å²) in [5.74, 6) is -2.54. The van der Waals surface area contributed by atoms with E-state index in [2.05, 4.69) is 101 Å². The van der Waals surface area contributed by atoms with Gasteiger partial charge in [0.25, 0.3) is 11.8 Å². The molecule has 2 aromatic heterocycles. The Morgan fingerprint density at radius 1 is 0.550 bits per heavy atom. The fourth-order valence-electron chi connectivity index (χ4n) is 11.0. The normalized spacial score (nSPS) is 17.3. The topological polar surface area (TPSA) is 94.6 Å². The van der Waals surface area contributed by atoms with Gasteiger partial charge < -0.3 is 20.0 Å². The first-order valence-corrected chi connectivity index (χ1v) is 29.7. The van der Waals surface area contributed by atoms with Gasteiger partial charge in [-0.05, 0) is 174 Å². The molecule has 0 unspecified atom stereocenters. The van der Waals surface area contributed by atoms with E-state index in [9.17, 15) is 27.2 Å². The molecule has 0 aliphatic carbocycles. The lowest BCUT2D eigenvalue weighted by atomic mass is 10.0. The van der Waals surface area contributed by atoms with Gasteiger partial charge in [-0.25, -0.2) is 27.5 Å². The van der Waals surface area contributed by atoms with Crippen LogP contribution in [-0.2, 0) is 26.2 Å². The summed E-state index contributed by atoms with van der Waals surface area (Å²) < 4.78 is 55.0. The van der Waals surface area contributed by atoms with Crippen molar-refractivity contribution in [2.24, 2.45) is 0 Å². The van der Waals surface area contributed by atoms with Gasteiger partial charge in [0, 0.05) is 120 Å². The molecule has 0 radical (unpaired) electrons. The third-order valence-electron chi connectivity index (χ3n) is 15.6. The Labute approximate surface area is 493 Å². The number of hydrogen-bond donors (Lipinski definition) is 1. The molecule has 10 rings (SSSR count). The molecule has 4 aromatic carbocycles. The van der Waals surface area contributed by atoms with Crippen molar-refractivity contribution in [1.29, 1.82) is 0 Å². The van der Waals surface area contributed by atoms with Crippen LogP contribution in [0.25, 0.3) is 0 Å². The van der Waals surface area contributed by atoms with E-state index in [0.717, 1.165) is 147 Å². The van der Waals surface area contributed by atoms with Gasteiger partial charge in [-0.2, -0.15) is 0 Å². The zero-order valence-electron chi connectivity index (χ0n) is 44.8. The molecule has 4 aliphatic heterocycles. The molecule has 0 spiro atoms. The summed E-state index contributed by atoms with van der Waals surface area (Å²) in [5.41, 5.74) is 4.48. The maximum atomic E-state index is 13.7. The van der Waals surface area contributed by atoms with Gasteiger partial charge in [-0.3, -0.25) is 29.2 Å². The summed E-state index contributed by atoms with van der Waals surface area (Å²) in [4.78, 5) is 51.4. The van der Waals surface area contributed by atoms with Crippen molar-refractivity contribution in [3.63, 3.8) is 0 Å². The van der Waals surface area contributed by atoms with Gasteiger partial charge in [0.05, 0.1) is 20.1 Å². The molecule has 4 saturated heterocycles. The summed E-state index contributed by atoms with van der Waals surface area (Å²) in [7, 11) is 0. The molecule has 0 saturated carbocycles. The molecule has 6 heterocycles. The SMILES string of the molecule is CCN(Cc1ccc(F)c(F)c1)C(=O)c1cnc(N2CCN(C3CCN(Cc4ccc(Cl)cc4)CC3)CC2)c(Br)c1.O=C(NCc1ccc(F)c(F)c1)c1cnc(N2CCN(C3CCN(Cc4ccc(Cl)cc4)CC3)CC2)c(Br)c1. The molecule has 80 heavy (non-hydrogen) atoms. The number of aromatic nitrogens is 2. The molecule has 4 aliphatic rings. The second kappa shape index (κ2) is 28.2. The van der Waals surface area contributed by atoms with Crippen LogP contribution in [0.2, 0.25) is 10.0 Å². The number of likely N-dealkylation sites (tertiary alicyclic amines) is 2. The zero-order chi connectivity index (χ0) is 56.3. The minimum atomic E-state index is -0.935. The highest BCUT2D eigenvalue weighted by Crippen LogP contribution is 2.30. The number of nitrogens with zero attached hydrogens (tertiary/aromatic N) is 9. The number of benzene rings is 4. The Kier molecular flexibility index (Phi) is 21.0. The Bertz CT molecular complexity index is 3050. The fourth-order valence-corrected chi connectivity index (χ4v) is 12.5. The molecule has 12 nitrogen and oxygen atoms in total. The number of piperidine rings is 2. The number of halogens is 8. The van der Waals surface area contributed by atoms with E-state index in [4.69, 9.17) is 23.2 Å². The number of pyridine rings is 2. The van der Waals surface area contributed by atoms with Crippen LogP contribution in [-0.4, -0.2) is 143 Å². The van der Waals surface area contributed by atoms with E-state index < -0.39 is 23.3 Å². The van der Waals surface area contributed by atoms with Crippen molar-refractivity contribution >= 4 is 78.5 Å². The average molecular weight is 1270 g/mol. The molecule has 1 N–H and O–H groups in total. The van der Waals surface area contributed by atoms with Crippen molar-refractivity contribution in [2.45, 2.75) is 70.9 Å². The number of hydrogen-bond acceptors (Lipinski definition) is 10. The Balaban J connectivity index is 0.000000194. The number of amides is 2. The Morgan fingerprint density at radius 3 is 1.40 bits per heavy atom. The van der Waals surface area contributed by atoms with E-state index in [0.29, 0.717) is 40.9 Å². The van der Waals surface area contributed by atoms with Crippen molar-refractivity contribution < 1.29 is 27.2 Å². The predicted molar refractivity (Wildman–Crippen MR) is 315 cm³/mol. The van der Waals surface area contributed by atoms with Crippen LogP contribution in [0.15, 0.2) is 118 Å². The van der Waals surface area contributed by atoms with Crippen LogP contribution < -0.4 is 15.1 Å². The lowest BCUT2D eigenvalue weighted by molar-refractivity contribution is 0.0751. The van der Waals surface area contributed by atoms with Crippen molar-refractivity contribution in [3.05, 3.63) is 185 Å². The molecule has 20 heteroatoms. The van der Waals surface area contributed by atoms with Gasteiger partial charge in [0.1, 0.15) is 11.6 Å². The van der Waals surface area contributed by atoms with Gasteiger partial charge in [-0.15, -0.1) is 0 Å². The number of nitrogens with one attached hydrogen (secondary N) is 1. The minimum absolute atomic E-state index is 0.0947. The highest BCUT2D eigenvalue weighted by atomic mass is 79.9. The summed E-state index contributed by atoms with van der Waals surface area (Å²) in [5, 5.41) is 4.28. The van der Waals surface area contributed by atoms with Gasteiger partial charge in [-0.1, -0.05) is 59.6 Å². The predicted octanol–water partition coefficient (Wildman–Crippen LogP) is 11.7. The molecule has 0 atom stereocenters. The van der Waals surface area contributed by atoms with Crippen LogP contribution in [0.1, 0.15) is 75.6 Å². The molecular formula is C60H66Br2Cl2F4N10O2. The van der Waals surface area contributed by atoms with E-state index in [1.165, 1.54) is 48.9 Å². The van der Waals surface area contributed by atoms with Crippen molar-refractivity contribution in [2.75, 3.05) is 94.9 Å². The summed E-state index contributed by atoms with van der Waals surface area (Å²) in [6.07, 6.45) is 7.85. The average Bonchev–Trinajstić information content (AvgIpc) is 3.48. The standard InChI is InChI=1S/C31H35BrClF2N5O.C29H31BrClF2N5O/c1-2-38(21-23-5-8-28(34)29(35)17-23)31(41)24-18-27(32)30(36-19-24)40-15-13-39(14-16-40)26-9-11-37(12-10-26)20-22-3-6-25(33)7-4-22;30-25-16-22(29(39)35-17-21-3-6-26(32)27(33)15-21)18-34-28(25)38-13-11-37(12-14-38)24-7-9-36(10-8-24)19-20-1-4-23(31)5-2-20/h3-8,17-19,26H,2,9-16,20-21H2,1H3;1-6,15-16,18,24H,7-14,17,19H2,(H,35,39). The number of rotatable bonds is 15. The van der Waals surface area contributed by atoms with Gasteiger partial charge in [0.2, 0.25) is 0 Å². The minimum Gasteiger partial charge on any atom is -0.353 e. The van der Waals surface area contributed by atoms with Crippen molar-refractivity contribution in [3.8, 4) is 0 Å². The van der Waals surface area contributed by atoms with Crippen LogP contribution in [0.5, 0.6) is 0 Å². The van der Waals surface area contributed by atoms with Gasteiger partial charge in [0.15, 0.2) is 23.3 Å². The summed E-state index contributed by atoms with van der Waals surface area (Å²) in [6, 6.07) is 28.3. The molecule has 4 fully saturated rings. The Morgan fingerprint density at radius 2 is 0.963 bits per heavy atom. The van der Waals surface area contributed by atoms with E-state index in [1.807, 2.05) is 31.2 Å². The first-order chi connectivity index (χ1) is 38.7. The van der Waals surface area contributed by atoms with Crippen LogP contribution >= 0.6 is 55.1 Å². The van der Waals surface area contributed by atoms with E-state index >= 15 is 0 Å². The van der Waals surface area contributed by atoms with Crippen LogP contribution in [0.4, 0.5) is 29.2 Å². The summed E-state index contributed by atoms with van der Waals surface area (Å²) >= 11 is 19.3.